The molecule has 0 aromatic rings. The molecule has 47 valence electrons. The molecule has 0 fully saturated rings. The van der Waals surface area contributed by atoms with Gasteiger partial charge in [-0.1, -0.05) is 6.58 Å². The minimum absolute atomic E-state index is 0.268. The third-order valence-electron chi connectivity index (χ3n) is 0.721. The molecule has 0 amide bonds. The van der Waals surface area contributed by atoms with Gasteiger partial charge in [-0.25, -0.2) is 0 Å². The minimum atomic E-state index is -0.268. The average Bonchev–Trinajstić information content (AvgIpc) is 1.87. The fraction of sp³-hybridized carbons (Fsp3) is 0.143. The molecule has 1 radical (unpaired) electrons. The van der Waals surface area contributed by atoms with Gasteiger partial charge in [0.15, 0.2) is 5.78 Å². The summed E-state index contributed by atoms with van der Waals surface area (Å²) in [7, 11) is 0. The van der Waals surface area contributed by atoms with Crippen molar-refractivity contribution in [2.45, 2.75) is 6.92 Å². The Balaban J connectivity index is 4.10. The fourth-order valence-corrected chi connectivity index (χ4v) is 0.302. The first kappa shape index (κ1) is 7.82. The Hall–Kier alpha value is -1.18. The second-order valence-electron chi connectivity index (χ2n) is 1.54. The van der Waals surface area contributed by atoms with E-state index in [1.165, 1.54) is 13.0 Å². The van der Waals surface area contributed by atoms with Gasteiger partial charge in [0.25, 0.3) is 0 Å². The summed E-state index contributed by atoms with van der Waals surface area (Å²) in [4.78, 5) is 20.2. The summed E-state index contributed by atoms with van der Waals surface area (Å²) in [6, 6.07) is 0. The first-order valence-electron chi connectivity index (χ1n) is 2.43. The van der Waals surface area contributed by atoms with Crippen molar-refractivity contribution >= 4 is 12.1 Å². The van der Waals surface area contributed by atoms with Crippen LogP contribution in [0.4, 0.5) is 0 Å². The lowest BCUT2D eigenvalue weighted by atomic mass is 10.2. The Kier molecular flexibility index (Phi) is 3.28. The largest absolute Gasteiger partial charge is 0.290 e. The maximum absolute atomic E-state index is 10.4. The van der Waals surface area contributed by atoms with Crippen molar-refractivity contribution in [3.05, 3.63) is 24.3 Å². The van der Waals surface area contributed by atoms with Crippen LogP contribution in [-0.2, 0) is 9.59 Å². The van der Waals surface area contributed by atoms with Gasteiger partial charge >= 0.3 is 0 Å². The quantitative estimate of drug-likeness (QED) is 0.520. The zero-order valence-electron chi connectivity index (χ0n) is 5.18. The van der Waals surface area contributed by atoms with Crippen molar-refractivity contribution in [3.8, 4) is 0 Å². The summed E-state index contributed by atoms with van der Waals surface area (Å²) < 4.78 is 0. The van der Waals surface area contributed by atoms with Crippen LogP contribution in [0, 0.1) is 0 Å². The lowest BCUT2D eigenvalue weighted by molar-refractivity contribution is -0.110. The lowest BCUT2D eigenvalue weighted by Gasteiger charge is -1.80. The molecule has 0 unspecified atom stereocenters. The van der Waals surface area contributed by atoms with Gasteiger partial charge in [-0.05, 0) is 19.1 Å². The molecular formula is C7H7O2. The minimum Gasteiger partial charge on any atom is -0.290 e. The predicted octanol–water partition coefficient (Wildman–Crippen LogP) is 0.797. The molecule has 0 atom stereocenters. The Bertz CT molecular complexity index is 166. The Morgan fingerprint density at radius 3 is 2.56 bits per heavy atom. The predicted molar refractivity (Wildman–Crippen MR) is 34.7 cm³/mol. The third-order valence-corrected chi connectivity index (χ3v) is 0.721. The van der Waals surface area contributed by atoms with E-state index in [4.69, 9.17) is 0 Å². The van der Waals surface area contributed by atoms with Crippen molar-refractivity contribution in [2.24, 2.45) is 0 Å². The van der Waals surface area contributed by atoms with Crippen LogP contribution in [0.5, 0.6) is 0 Å². The average molecular weight is 123 g/mol. The highest BCUT2D eigenvalue weighted by atomic mass is 16.1. The summed E-state index contributed by atoms with van der Waals surface area (Å²) >= 11 is 0. The van der Waals surface area contributed by atoms with E-state index in [0.717, 1.165) is 6.08 Å². The molecule has 0 bridgehead atoms. The molecule has 0 saturated carbocycles. The van der Waals surface area contributed by atoms with Crippen LogP contribution in [0.2, 0.25) is 0 Å². The zero-order chi connectivity index (χ0) is 7.28. The van der Waals surface area contributed by atoms with E-state index < -0.39 is 0 Å². The van der Waals surface area contributed by atoms with E-state index in [9.17, 15) is 9.59 Å². The second kappa shape index (κ2) is 3.78. The Labute approximate surface area is 53.9 Å². The number of rotatable bonds is 3. The number of allylic oxidation sites excluding steroid dienone is 3. The van der Waals surface area contributed by atoms with E-state index >= 15 is 0 Å². The van der Waals surface area contributed by atoms with Gasteiger partial charge < -0.3 is 0 Å². The standard InChI is InChI=1S/C7H7O2/c1-3-7(9)4-6(2)5-8/h3-4H,1H2,2H3/b6-4+. The third kappa shape index (κ3) is 3.41. The summed E-state index contributed by atoms with van der Waals surface area (Å²) in [5.74, 6) is -0.268. The van der Waals surface area contributed by atoms with E-state index in [1.807, 2.05) is 0 Å². The highest BCUT2D eigenvalue weighted by Crippen LogP contribution is 1.86. The number of hydrogen-bond donors (Lipinski definition) is 0. The van der Waals surface area contributed by atoms with Crippen molar-refractivity contribution in [3.63, 3.8) is 0 Å². The van der Waals surface area contributed by atoms with Crippen LogP contribution < -0.4 is 0 Å². The van der Waals surface area contributed by atoms with Crippen molar-refractivity contribution in [1.82, 2.24) is 0 Å². The number of carbonyl (C=O) groups excluding carboxylic acids is 2. The van der Waals surface area contributed by atoms with Crippen LogP contribution in [0.3, 0.4) is 0 Å². The van der Waals surface area contributed by atoms with Gasteiger partial charge in [-0.2, -0.15) is 0 Å². The number of hydrogen-bond acceptors (Lipinski definition) is 2. The van der Waals surface area contributed by atoms with Crippen LogP contribution in [0.1, 0.15) is 6.92 Å². The van der Waals surface area contributed by atoms with E-state index in [0.29, 0.717) is 5.57 Å². The zero-order valence-corrected chi connectivity index (χ0v) is 5.18. The lowest BCUT2D eigenvalue weighted by Crippen LogP contribution is -1.87. The topological polar surface area (TPSA) is 34.1 Å². The van der Waals surface area contributed by atoms with Gasteiger partial charge in [0, 0.05) is 5.57 Å². The maximum Gasteiger partial charge on any atom is 0.229 e. The molecule has 0 aromatic carbocycles. The molecule has 0 aromatic heterocycles. The van der Waals surface area contributed by atoms with E-state index in [1.54, 1.807) is 6.29 Å². The van der Waals surface area contributed by atoms with Crippen molar-refractivity contribution < 1.29 is 9.59 Å². The fourth-order valence-electron chi connectivity index (χ4n) is 0.302. The highest BCUT2D eigenvalue weighted by molar-refractivity contribution is 6.01. The van der Waals surface area contributed by atoms with Crippen LogP contribution in [-0.4, -0.2) is 12.1 Å². The van der Waals surface area contributed by atoms with Gasteiger partial charge in [-0.3, -0.25) is 9.59 Å². The Morgan fingerprint density at radius 2 is 2.22 bits per heavy atom. The summed E-state index contributed by atoms with van der Waals surface area (Å²) in [5.41, 5.74) is 0.292. The number of ketones is 1. The summed E-state index contributed by atoms with van der Waals surface area (Å²) in [6.07, 6.45) is 3.89. The Morgan fingerprint density at radius 1 is 1.67 bits per heavy atom. The molecule has 0 spiro atoms. The van der Waals surface area contributed by atoms with Crippen LogP contribution in [0.25, 0.3) is 0 Å². The van der Waals surface area contributed by atoms with Crippen molar-refractivity contribution in [2.75, 3.05) is 0 Å². The number of carbonyl (C=O) groups is 1. The normalized spacial score (nSPS) is 10.6. The summed E-state index contributed by atoms with van der Waals surface area (Å²) in [5, 5.41) is 0. The smallest absolute Gasteiger partial charge is 0.229 e. The monoisotopic (exact) mass is 123 g/mol. The molecule has 0 N–H and O–H groups in total. The molecule has 2 heteroatoms. The highest BCUT2D eigenvalue weighted by Gasteiger charge is 1.89. The van der Waals surface area contributed by atoms with Gasteiger partial charge in [0.05, 0.1) is 0 Å². The molecular weight excluding hydrogens is 116 g/mol. The molecule has 0 aliphatic carbocycles. The van der Waals surface area contributed by atoms with Crippen LogP contribution in [0.15, 0.2) is 24.3 Å². The first-order chi connectivity index (χ1) is 4.20. The first-order valence-corrected chi connectivity index (χ1v) is 2.43. The summed E-state index contributed by atoms with van der Waals surface area (Å²) in [6.45, 7) is 4.73. The van der Waals surface area contributed by atoms with Gasteiger partial charge in [0.1, 0.15) is 0 Å². The van der Waals surface area contributed by atoms with E-state index in [2.05, 4.69) is 6.58 Å². The maximum atomic E-state index is 10.4. The second-order valence-corrected chi connectivity index (χ2v) is 1.54. The molecule has 0 aliphatic heterocycles. The SMILES string of the molecule is C=CC(=O)/C=C(\C)[C]=O. The van der Waals surface area contributed by atoms with Crippen LogP contribution >= 0.6 is 0 Å². The molecule has 0 rings (SSSR count). The molecule has 0 saturated heterocycles. The van der Waals surface area contributed by atoms with Gasteiger partial charge in [0.2, 0.25) is 6.29 Å². The molecule has 0 heterocycles. The molecule has 9 heavy (non-hydrogen) atoms. The molecule has 0 aliphatic rings. The van der Waals surface area contributed by atoms with E-state index in [-0.39, 0.29) is 5.78 Å². The molecule has 2 nitrogen and oxygen atoms in total. The van der Waals surface area contributed by atoms with Crippen molar-refractivity contribution in [1.29, 1.82) is 0 Å². The van der Waals surface area contributed by atoms with Gasteiger partial charge in [-0.15, -0.1) is 0 Å².